The van der Waals surface area contributed by atoms with Crippen LogP contribution in [0.1, 0.15) is 27.2 Å². The van der Waals surface area contributed by atoms with Gasteiger partial charge in [0.25, 0.3) is 0 Å². The number of carbonyl (C=O) groups excluding carboxylic acids is 1. The molecule has 0 aromatic carbocycles. The Kier molecular flexibility index (Phi) is 4.94. The maximum Gasteiger partial charge on any atom is 0.400 e. The van der Waals surface area contributed by atoms with Crippen molar-refractivity contribution in [3.63, 3.8) is 0 Å². The molecule has 5 heteroatoms. The average Bonchev–Trinajstić information content (AvgIpc) is 2.05. The van der Waals surface area contributed by atoms with Gasteiger partial charge in [-0.2, -0.15) is 13.2 Å². The van der Waals surface area contributed by atoms with Crippen LogP contribution in [-0.4, -0.2) is 30.1 Å². The summed E-state index contributed by atoms with van der Waals surface area (Å²) in [5.74, 6) is -2.66. The van der Waals surface area contributed by atoms with Crippen molar-refractivity contribution in [2.24, 2.45) is 5.92 Å². The molecule has 1 amide bonds. The summed E-state index contributed by atoms with van der Waals surface area (Å²) in [6.07, 6.45) is -4.62. The smallest absolute Gasteiger partial charge is 0.343 e. The Balaban J connectivity index is 4.61. The molecule has 0 saturated carbocycles. The summed E-state index contributed by atoms with van der Waals surface area (Å²) in [6.45, 7) is 5.36. The second-order valence-corrected chi connectivity index (χ2v) is 3.01. The number of hydrogen-bond acceptors (Lipinski definition) is 1. The molecule has 0 heterocycles. The molecular formula is C9H16F3NO. The van der Waals surface area contributed by atoms with Gasteiger partial charge in [-0.05, 0) is 20.3 Å². The minimum absolute atomic E-state index is 0.196. The molecule has 0 spiro atoms. The zero-order valence-electron chi connectivity index (χ0n) is 8.69. The maximum atomic E-state index is 12.4. The summed E-state index contributed by atoms with van der Waals surface area (Å²) in [4.78, 5) is 12.6. The van der Waals surface area contributed by atoms with Gasteiger partial charge in [-0.25, -0.2) is 0 Å². The van der Waals surface area contributed by atoms with Gasteiger partial charge < -0.3 is 4.90 Å². The minimum Gasteiger partial charge on any atom is -0.343 e. The summed E-state index contributed by atoms with van der Waals surface area (Å²) in [5.41, 5.74) is 0. The zero-order valence-corrected chi connectivity index (χ0v) is 8.69. The normalized spacial score (nSPS) is 13.9. The Morgan fingerprint density at radius 3 is 1.86 bits per heavy atom. The third-order valence-corrected chi connectivity index (χ3v) is 2.18. The number of amides is 1. The average molecular weight is 211 g/mol. The highest BCUT2D eigenvalue weighted by molar-refractivity contribution is 5.79. The molecule has 0 aromatic rings. The van der Waals surface area contributed by atoms with Gasteiger partial charge in [-0.3, -0.25) is 4.79 Å². The molecule has 0 rings (SSSR count). The molecule has 84 valence electrons. The first kappa shape index (κ1) is 13.3. The van der Waals surface area contributed by atoms with Gasteiger partial charge in [-0.1, -0.05) is 6.92 Å². The second-order valence-electron chi connectivity index (χ2n) is 3.01. The highest BCUT2D eigenvalue weighted by atomic mass is 19.4. The number of nitrogens with zero attached hydrogens (tertiary/aromatic N) is 1. The predicted molar refractivity (Wildman–Crippen MR) is 47.8 cm³/mol. The van der Waals surface area contributed by atoms with Crippen LogP contribution in [0.4, 0.5) is 13.2 Å². The fourth-order valence-corrected chi connectivity index (χ4v) is 1.30. The lowest BCUT2D eigenvalue weighted by Gasteiger charge is -2.25. The Morgan fingerprint density at radius 2 is 1.64 bits per heavy atom. The van der Waals surface area contributed by atoms with E-state index in [1.165, 1.54) is 11.8 Å². The molecule has 0 N–H and O–H groups in total. The van der Waals surface area contributed by atoms with Crippen molar-refractivity contribution in [2.75, 3.05) is 13.1 Å². The van der Waals surface area contributed by atoms with Crippen molar-refractivity contribution in [1.82, 2.24) is 4.90 Å². The summed E-state index contributed by atoms with van der Waals surface area (Å²) in [6, 6.07) is 0. The van der Waals surface area contributed by atoms with E-state index < -0.39 is 18.0 Å². The lowest BCUT2D eigenvalue weighted by Crippen LogP contribution is -2.42. The number of hydrogen-bond donors (Lipinski definition) is 0. The van der Waals surface area contributed by atoms with Crippen LogP contribution in [0.3, 0.4) is 0 Å². The van der Waals surface area contributed by atoms with Crippen LogP contribution in [0.2, 0.25) is 0 Å². The van der Waals surface area contributed by atoms with Crippen molar-refractivity contribution in [2.45, 2.75) is 33.4 Å². The number of rotatable bonds is 4. The summed E-state index contributed by atoms with van der Waals surface area (Å²) in [5, 5.41) is 0. The summed E-state index contributed by atoms with van der Waals surface area (Å²) < 4.78 is 37.1. The monoisotopic (exact) mass is 211 g/mol. The highest BCUT2D eigenvalue weighted by Gasteiger charge is 2.44. The first-order valence-electron chi connectivity index (χ1n) is 4.73. The third-order valence-electron chi connectivity index (χ3n) is 2.18. The van der Waals surface area contributed by atoms with Crippen molar-refractivity contribution >= 4 is 5.91 Å². The van der Waals surface area contributed by atoms with Gasteiger partial charge in [0.1, 0.15) is 5.92 Å². The van der Waals surface area contributed by atoms with Crippen molar-refractivity contribution < 1.29 is 18.0 Å². The molecule has 1 atom stereocenters. The maximum absolute atomic E-state index is 12.4. The van der Waals surface area contributed by atoms with E-state index in [0.29, 0.717) is 13.1 Å². The number of halogens is 3. The van der Waals surface area contributed by atoms with Crippen LogP contribution < -0.4 is 0 Å². The van der Waals surface area contributed by atoms with Crippen LogP contribution in [0.25, 0.3) is 0 Å². The largest absolute Gasteiger partial charge is 0.400 e. The lowest BCUT2D eigenvalue weighted by molar-refractivity contribution is -0.189. The van der Waals surface area contributed by atoms with Crippen LogP contribution in [0, 0.1) is 5.92 Å². The molecule has 1 unspecified atom stereocenters. The molecule has 0 aliphatic carbocycles. The second kappa shape index (κ2) is 5.22. The first-order valence-corrected chi connectivity index (χ1v) is 4.73. The molecule has 0 aliphatic heterocycles. The number of carbonyl (C=O) groups is 1. The van der Waals surface area contributed by atoms with E-state index in [4.69, 9.17) is 0 Å². The van der Waals surface area contributed by atoms with Gasteiger partial charge in [0.05, 0.1) is 0 Å². The fourth-order valence-electron chi connectivity index (χ4n) is 1.30. The van der Waals surface area contributed by atoms with E-state index in [1.807, 2.05) is 0 Å². The van der Waals surface area contributed by atoms with Crippen molar-refractivity contribution in [3.8, 4) is 0 Å². The summed E-state index contributed by atoms with van der Waals surface area (Å²) >= 11 is 0. The van der Waals surface area contributed by atoms with Crippen LogP contribution in [-0.2, 0) is 4.79 Å². The van der Waals surface area contributed by atoms with E-state index in [2.05, 4.69) is 0 Å². The van der Waals surface area contributed by atoms with E-state index in [1.54, 1.807) is 13.8 Å². The minimum atomic E-state index is -4.42. The van der Waals surface area contributed by atoms with Crippen molar-refractivity contribution in [1.29, 1.82) is 0 Å². The van der Waals surface area contributed by atoms with Gasteiger partial charge >= 0.3 is 6.18 Å². The number of alkyl halides is 3. The quantitative estimate of drug-likeness (QED) is 0.699. The van der Waals surface area contributed by atoms with Crippen molar-refractivity contribution in [3.05, 3.63) is 0 Å². The van der Waals surface area contributed by atoms with Gasteiger partial charge in [-0.15, -0.1) is 0 Å². The highest BCUT2D eigenvalue weighted by Crippen LogP contribution is 2.30. The first-order chi connectivity index (χ1) is 6.38. The molecule has 0 radical (unpaired) electrons. The molecule has 0 saturated heterocycles. The van der Waals surface area contributed by atoms with Crippen LogP contribution >= 0.6 is 0 Å². The molecule has 0 aliphatic rings. The van der Waals surface area contributed by atoms with E-state index >= 15 is 0 Å². The SMILES string of the molecule is CCC(C(=O)N(CC)CC)C(F)(F)F. The van der Waals surface area contributed by atoms with Gasteiger partial charge in [0.2, 0.25) is 5.91 Å². The van der Waals surface area contributed by atoms with E-state index in [-0.39, 0.29) is 6.42 Å². The Labute approximate surface area is 82.1 Å². The van der Waals surface area contributed by atoms with Gasteiger partial charge in [0, 0.05) is 13.1 Å². The molecule has 14 heavy (non-hydrogen) atoms. The molecule has 0 fully saturated rings. The molecule has 0 aromatic heterocycles. The lowest BCUT2D eigenvalue weighted by atomic mass is 10.0. The topological polar surface area (TPSA) is 20.3 Å². The standard InChI is InChI=1S/C9H16F3NO/c1-4-7(9(10,11)12)8(14)13(5-2)6-3/h7H,4-6H2,1-3H3. The van der Waals surface area contributed by atoms with Crippen LogP contribution in [0.15, 0.2) is 0 Å². The fraction of sp³-hybridized carbons (Fsp3) is 0.889. The van der Waals surface area contributed by atoms with E-state index in [0.717, 1.165) is 0 Å². The van der Waals surface area contributed by atoms with E-state index in [9.17, 15) is 18.0 Å². The third kappa shape index (κ3) is 3.20. The Morgan fingerprint density at radius 1 is 1.21 bits per heavy atom. The molecule has 0 bridgehead atoms. The zero-order chi connectivity index (χ0) is 11.4. The molecular weight excluding hydrogens is 195 g/mol. The van der Waals surface area contributed by atoms with Crippen LogP contribution in [0.5, 0.6) is 0 Å². The Hall–Kier alpha value is -0.740. The van der Waals surface area contributed by atoms with Gasteiger partial charge in [0.15, 0.2) is 0 Å². The summed E-state index contributed by atoms with van der Waals surface area (Å²) in [7, 11) is 0. The predicted octanol–water partition coefficient (Wildman–Crippen LogP) is 2.44. The Bertz CT molecular complexity index is 187. The molecule has 2 nitrogen and oxygen atoms in total.